The average Bonchev–Trinajstić information content (AvgIpc) is 2.68. The van der Waals surface area contributed by atoms with E-state index in [1.807, 2.05) is 0 Å². The first-order valence-electron chi connectivity index (χ1n) is 6.30. The van der Waals surface area contributed by atoms with Gasteiger partial charge in [0.25, 0.3) is 0 Å². The molecule has 0 N–H and O–H groups in total. The van der Waals surface area contributed by atoms with Crippen molar-refractivity contribution in [2.45, 2.75) is 18.7 Å². The molecule has 0 aromatic carbocycles. The maximum absolute atomic E-state index is 13.0. The molecule has 1 aliphatic heterocycles. The summed E-state index contributed by atoms with van der Waals surface area (Å²) in [4.78, 5) is 10.0. The van der Waals surface area contributed by atoms with Gasteiger partial charge in [-0.1, -0.05) is 0 Å². The number of aryl methyl sites for hydroxylation is 2. The predicted octanol–water partition coefficient (Wildman–Crippen LogP) is 1.44. The Morgan fingerprint density at radius 1 is 1.29 bits per heavy atom. The van der Waals surface area contributed by atoms with E-state index in [0.717, 1.165) is 7.11 Å². The second-order valence-corrected chi connectivity index (χ2v) is 5.15. The Morgan fingerprint density at radius 2 is 1.95 bits per heavy atom. The maximum atomic E-state index is 13.0. The quantitative estimate of drug-likeness (QED) is 0.840. The summed E-state index contributed by atoms with van der Waals surface area (Å²) in [6.07, 6.45) is -2.85. The number of alkyl halides is 3. The first kappa shape index (κ1) is 14.1. The fraction of sp³-hybridized carbons (Fsp3) is 0.583. The smallest absolute Gasteiger partial charge is 0.365 e. The predicted molar refractivity (Wildman–Crippen MR) is 69.0 cm³/mol. The minimum atomic E-state index is -4.41. The molecule has 0 amide bonds. The third-order valence-corrected chi connectivity index (χ3v) is 3.78. The summed E-state index contributed by atoms with van der Waals surface area (Å²) in [6.45, 7) is 1.13. The molecule has 9 heteroatoms. The fourth-order valence-electron chi connectivity index (χ4n) is 2.50. The second kappa shape index (κ2) is 4.30. The molecule has 0 atom stereocenters. The van der Waals surface area contributed by atoms with Crippen LogP contribution in [0.4, 0.5) is 19.0 Å². The summed E-state index contributed by atoms with van der Waals surface area (Å²) in [5, 5.41) is 4.71. The number of methoxy groups -OCH3 is 1. The Hall–Kier alpha value is -1.90. The highest BCUT2D eigenvalue weighted by Crippen LogP contribution is 2.43. The highest BCUT2D eigenvalue weighted by atomic mass is 19.4. The number of rotatable bonds is 2. The van der Waals surface area contributed by atoms with Gasteiger partial charge >= 0.3 is 6.18 Å². The van der Waals surface area contributed by atoms with Gasteiger partial charge in [-0.3, -0.25) is 4.68 Å². The van der Waals surface area contributed by atoms with Gasteiger partial charge in [-0.2, -0.15) is 18.3 Å². The molecule has 6 nitrogen and oxygen atoms in total. The van der Waals surface area contributed by atoms with Crippen molar-refractivity contribution in [3.8, 4) is 0 Å². The Kier molecular flexibility index (Phi) is 2.88. The van der Waals surface area contributed by atoms with Crippen molar-refractivity contribution in [3.05, 3.63) is 12.0 Å². The van der Waals surface area contributed by atoms with Crippen LogP contribution in [-0.2, 0) is 11.8 Å². The van der Waals surface area contributed by atoms with Crippen LogP contribution in [-0.4, -0.2) is 51.7 Å². The largest absolute Gasteiger partial charge is 0.420 e. The Balaban J connectivity index is 1.98. The topological polar surface area (TPSA) is 56.1 Å². The second-order valence-electron chi connectivity index (χ2n) is 5.15. The minimum absolute atomic E-state index is 0.284. The first-order valence-corrected chi connectivity index (χ1v) is 6.30. The molecule has 0 radical (unpaired) electrons. The van der Waals surface area contributed by atoms with E-state index < -0.39 is 11.8 Å². The van der Waals surface area contributed by atoms with E-state index >= 15 is 0 Å². The molecule has 21 heavy (non-hydrogen) atoms. The lowest BCUT2D eigenvalue weighted by Crippen LogP contribution is -2.70. The van der Waals surface area contributed by atoms with E-state index in [0.29, 0.717) is 22.7 Å². The first-order chi connectivity index (χ1) is 9.77. The van der Waals surface area contributed by atoms with Crippen molar-refractivity contribution in [2.75, 3.05) is 25.1 Å². The third kappa shape index (κ3) is 1.95. The number of hydrogen-bond donors (Lipinski definition) is 0. The van der Waals surface area contributed by atoms with Gasteiger partial charge < -0.3 is 9.64 Å². The molecule has 3 heterocycles. The highest BCUT2D eigenvalue weighted by molar-refractivity contribution is 5.87. The van der Waals surface area contributed by atoms with E-state index in [4.69, 9.17) is 4.74 Å². The van der Waals surface area contributed by atoms with Crippen LogP contribution in [0.2, 0.25) is 0 Å². The summed E-state index contributed by atoms with van der Waals surface area (Å²) in [5.41, 5.74) is -1.53. The molecule has 2 aromatic rings. The third-order valence-electron chi connectivity index (χ3n) is 3.78. The molecule has 114 valence electrons. The van der Waals surface area contributed by atoms with Crippen LogP contribution in [0, 0.1) is 6.92 Å². The van der Waals surface area contributed by atoms with Crippen molar-refractivity contribution in [2.24, 2.45) is 7.05 Å². The van der Waals surface area contributed by atoms with Crippen LogP contribution in [0.15, 0.2) is 6.20 Å². The van der Waals surface area contributed by atoms with Gasteiger partial charge in [0.2, 0.25) is 0 Å². The van der Waals surface area contributed by atoms with Crippen LogP contribution >= 0.6 is 0 Å². The Morgan fingerprint density at radius 3 is 2.52 bits per heavy atom. The average molecular weight is 301 g/mol. The molecule has 0 saturated carbocycles. The molecule has 2 aromatic heterocycles. The van der Waals surface area contributed by atoms with E-state index in [-0.39, 0.29) is 13.1 Å². The lowest BCUT2D eigenvalue weighted by molar-refractivity contribution is -0.277. The van der Waals surface area contributed by atoms with Crippen molar-refractivity contribution in [1.82, 2.24) is 19.7 Å². The van der Waals surface area contributed by atoms with Gasteiger partial charge in [-0.05, 0) is 6.92 Å². The zero-order chi connectivity index (χ0) is 15.4. The lowest BCUT2D eigenvalue weighted by Gasteiger charge is -2.49. The van der Waals surface area contributed by atoms with Gasteiger partial charge in [-0.25, -0.2) is 9.97 Å². The number of anilines is 1. The van der Waals surface area contributed by atoms with Crippen LogP contribution in [0.3, 0.4) is 0 Å². The number of halogens is 3. The van der Waals surface area contributed by atoms with E-state index in [1.165, 1.54) is 4.90 Å². The summed E-state index contributed by atoms with van der Waals surface area (Å²) >= 11 is 0. The van der Waals surface area contributed by atoms with Crippen LogP contribution in [0.5, 0.6) is 0 Å². The lowest BCUT2D eigenvalue weighted by atomic mass is 9.93. The molecular weight excluding hydrogens is 287 g/mol. The summed E-state index contributed by atoms with van der Waals surface area (Å²) in [5.74, 6) is 0.950. The van der Waals surface area contributed by atoms with Crippen molar-refractivity contribution >= 4 is 16.9 Å². The van der Waals surface area contributed by atoms with Crippen molar-refractivity contribution < 1.29 is 17.9 Å². The van der Waals surface area contributed by atoms with Gasteiger partial charge in [-0.15, -0.1) is 0 Å². The molecule has 1 fully saturated rings. The summed E-state index contributed by atoms with van der Waals surface area (Å²) in [6, 6.07) is 0. The zero-order valence-electron chi connectivity index (χ0n) is 11.8. The molecule has 3 rings (SSSR count). The monoisotopic (exact) mass is 301 g/mol. The number of nitrogens with zero attached hydrogens (tertiary/aromatic N) is 5. The van der Waals surface area contributed by atoms with E-state index in [2.05, 4.69) is 15.1 Å². The molecule has 1 saturated heterocycles. The maximum Gasteiger partial charge on any atom is 0.420 e. The fourth-order valence-corrected chi connectivity index (χ4v) is 2.50. The highest BCUT2D eigenvalue weighted by Gasteiger charge is 2.63. The van der Waals surface area contributed by atoms with Gasteiger partial charge in [0.15, 0.2) is 11.2 Å². The number of aromatic nitrogens is 4. The van der Waals surface area contributed by atoms with Crippen molar-refractivity contribution in [1.29, 1.82) is 0 Å². The van der Waals surface area contributed by atoms with Crippen LogP contribution in [0.25, 0.3) is 11.0 Å². The molecule has 0 aliphatic carbocycles. The van der Waals surface area contributed by atoms with Crippen LogP contribution in [0.1, 0.15) is 5.82 Å². The SMILES string of the molecule is COC1(C(F)(F)F)CN(c2nc(C)nc3c2cnn3C)C1. The molecule has 1 aliphatic rings. The molecule has 0 bridgehead atoms. The summed E-state index contributed by atoms with van der Waals surface area (Å²) in [7, 11) is 2.81. The minimum Gasteiger partial charge on any atom is -0.365 e. The van der Waals surface area contributed by atoms with Gasteiger partial charge in [0.1, 0.15) is 11.6 Å². The number of hydrogen-bond acceptors (Lipinski definition) is 5. The summed E-state index contributed by atoms with van der Waals surface area (Å²) < 4.78 is 45.4. The Labute approximate surface area is 118 Å². The van der Waals surface area contributed by atoms with Crippen molar-refractivity contribution in [3.63, 3.8) is 0 Å². The van der Waals surface area contributed by atoms with Gasteiger partial charge in [0.05, 0.1) is 24.7 Å². The number of fused-ring (bicyclic) bond motifs is 1. The molecule has 0 unspecified atom stereocenters. The molecule has 0 spiro atoms. The zero-order valence-corrected chi connectivity index (χ0v) is 11.8. The van der Waals surface area contributed by atoms with E-state index in [9.17, 15) is 13.2 Å². The number of ether oxygens (including phenoxy) is 1. The van der Waals surface area contributed by atoms with Gasteiger partial charge in [0, 0.05) is 14.2 Å². The Bertz CT molecular complexity index is 690. The normalized spacial score (nSPS) is 18.1. The molecular formula is C12H14F3N5O. The van der Waals surface area contributed by atoms with Crippen LogP contribution < -0.4 is 4.90 Å². The van der Waals surface area contributed by atoms with E-state index in [1.54, 1.807) is 24.9 Å². The standard InChI is InChI=1S/C12H14F3N5O/c1-7-17-9-8(4-16-19(9)2)10(18-7)20-5-11(6-20,21-3)12(13,14)15/h4H,5-6H2,1-3H3.